The molecule has 5 heteroatoms. The summed E-state index contributed by atoms with van der Waals surface area (Å²) < 4.78 is 1.36. The fourth-order valence-electron chi connectivity index (χ4n) is 3.49. The topological polar surface area (TPSA) is 33.5 Å². The molecule has 4 rings (SSSR count). The molecule has 0 aromatic rings. The van der Waals surface area contributed by atoms with Crippen molar-refractivity contribution in [3.8, 4) is 6.19 Å². The van der Waals surface area contributed by atoms with Gasteiger partial charge in [-0.15, -0.1) is 0 Å². The van der Waals surface area contributed by atoms with Gasteiger partial charge in [0.25, 0.3) is 0 Å². The molecular weight excluding hydrogens is 226 g/mol. The molecule has 4 heterocycles. The molecule has 4 fully saturated rings. The lowest BCUT2D eigenvalue weighted by molar-refractivity contribution is -0.940. The molecule has 0 radical (unpaired) electrons. The number of nitriles is 1. The predicted octanol–water partition coefficient (Wildman–Crippen LogP) is -0.769. The summed E-state index contributed by atoms with van der Waals surface area (Å²) in [5.74, 6) is 0. The van der Waals surface area contributed by atoms with Gasteiger partial charge in [-0.25, -0.2) is 0 Å². The van der Waals surface area contributed by atoms with E-state index in [1.807, 2.05) is 4.90 Å². The highest BCUT2D eigenvalue weighted by Gasteiger charge is 2.38. The van der Waals surface area contributed by atoms with Crippen molar-refractivity contribution in [2.45, 2.75) is 0 Å². The van der Waals surface area contributed by atoms with Crippen molar-refractivity contribution < 1.29 is 4.48 Å². The van der Waals surface area contributed by atoms with Gasteiger partial charge >= 0.3 is 0 Å². The molecule has 0 N–H and O–H groups in total. The standard InChI is InChI=1S/C13H24N5/c14-13-17-3-1-15(2-4-17)5-9-18-10-6-16(7-11-18)8-12-18/h1-12H2/q+1. The predicted molar refractivity (Wildman–Crippen MR) is 69.8 cm³/mol. The molecule has 0 aliphatic carbocycles. The Labute approximate surface area is 110 Å². The number of rotatable bonds is 3. The zero-order valence-corrected chi connectivity index (χ0v) is 11.2. The van der Waals surface area contributed by atoms with Crippen LogP contribution in [0.3, 0.4) is 0 Å². The number of quaternary nitrogens is 1. The molecule has 0 amide bonds. The van der Waals surface area contributed by atoms with Gasteiger partial charge in [0.1, 0.15) is 0 Å². The van der Waals surface area contributed by atoms with Crippen molar-refractivity contribution in [3.63, 3.8) is 0 Å². The molecule has 0 aromatic heterocycles. The normalized spacial score (nSPS) is 36.6. The van der Waals surface area contributed by atoms with Crippen molar-refractivity contribution in [1.29, 1.82) is 5.26 Å². The quantitative estimate of drug-likeness (QED) is 0.487. The second kappa shape index (κ2) is 5.04. The fraction of sp³-hybridized carbons (Fsp3) is 0.923. The highest BCUT2D eigenvalue weighted by molar-refractivity contribution is 4.81. The minimum atomic E-state index is 0.921. The third-order valence-electron chi connectivity index (χ3n) is 5.08. The smallest absolute Gasteiger partial charge is 0.179 e. The highest BCUT2D eigenvalue weighted by Crippen LogP contribution is 2.19. The summed E-state index contributed by atoms with van der Waals surface area (Å²) in [6.07, 6.45) is 2.25. The average Bonchev–Trinajstić information content (AvgIpc) is 2.48. The van der Waals surface area contributed by atoms with E-state index in [1.54, 1.807) is 0 Å². The summed E-state index contributed by atoms with van der Waals surface area (Å²) >= 11 is 0. The second-order valence-electron chi connectivity index (χ2n) is 6.01. The van der Waals surface area contributed by atoms with Gasteiger partial charge in [-0.2, -0.15) is 5.26 Å². The SMILES string of the molecule is N#CN1CCN(CC[N+]23CCN(CC2)CC3)CC1. The van der Waals surface area contributed by atoms with E-state index in [4.69, 9.17) is 5.26 Å². The maximum atomic E-state index is 8.85. The first-order valence-electron chi connectivity index (χ1n) is 7.24. The van der Waals surface area contributed by atoms with E-state index in [2.05, 4.69) is 16.0 Å². The van der Waals surface area contributed by atoms with Crippen LogP contribution in [0.15, 0.2) is 0 Å². The van der Waals surface area contributed by atoms with E-state index >= 15 is 0 Å². The van der Waals surface area contributed by atoms with E-state index in [9.17, 15) is 0 Å². The molecule has 5 nitrogen and oxygen atoms in total. The molecule has 0 atom stereocenters. The Hall–Kier alpha value is -0.830. The summed E-state index contributed by atoms with van der Waals surface area (Å²) in [5.41, 5.74) is 0. The molecular formula is C13H24N5+. The minimum absolute atomic E-state index is 0.921. The first kappa shape index (κ1) is 12.2. The number of piperazine rings is 4. The third kappa shape index (κ3) is 2.46. The Kier molecular flexibility index (Phi) is 3.42. The Bertz CT molecular complexity index is 307. The molecule has 0 saturated carbocycles. The van der Waals surface area contributed by atoms with Crippen molar-refractivity contribution in [2.24, 2.45) is 0 Å². The molecule has 0 unspecified atom stereocenters. The van der Waals surface area contributed by atoms with E-state index in [1.165, 1.54) is 56.8 Å². The van der Waals surface area contributed by atoms with Crippen LogP contribution < -0.4 is 0 Å². The Morgan fingerprint density at radius 3 is 2.06 bits per heavy atom. The summed E-state index contributed by atoms with van der Waals surface area (Å²) in [6, 6.07) is 0. The Balaban J connectivity index is 1.45. The number of hydrogen-bond donors (Lipinski definition) is 0. The van der Waals surface area contributed by atoms with Gasteiger partial charge in [0, 0.05) is 52.4 Å². The largest absolute Gasteiger partial charge is 0.319 e. The van der Waals surface area contributed by atoms with Gasteiger partial charge in [-0.3, -0.25) is 9.80 Å². The molecule has 0 aromatic carbocycles. The van der Waals surface area contributed by atoms with E-state index in [0.29, 0.717) is 0 Å². The van der Waals surface area contributed by atoms with Crippen LogP contribution in [-0.4, -0.2) is 97.7 Å². The van der Waals surface area contributed by atoms with Crippen LogP contribution >= 0.6 is 0 Å². The summed E-state index contributed by atoms with van der Waals surface area (Å²) in [6.45, 7) is 14.5. The maximum absolute atomic E-state index is 8.85. The molecule has 4 saturated heterocycles. The number of fused-ring (bicyclic) bond motifs is 3. The lowest BCUT2D eigenvalue weighted by atomic mass is 10.1. The van der Waals surface area contributed by atoms with E-state index < -0.39 is 0 Å². The maximum Gasteiger partial charge on any atom is 0.179 e. The lowest BCUT2D eigenvalue weighted by Crippen LogP contribution is -2.68. The highest BCUT2D eigenvalue weighted by atomic mass is 15.5. The Morgan fingerprint density at radius 1 is 0.889 bits per heavy atom. The lowest BCUT2D eigenvalue weighted by Gasteiger charge is -2.51. The van der Waals surface area contributed by atoms with Gasteiger partial charge < -0.3 is 9.38 Å². The fourth-order valence-corrected chi connectivity index (χ4v) is 3.49. The van der Waals surface area contributed by atoms with Crippen LogP contribution in [0.1, 0.15) is 0 Å². The Morgan fingerprint density at radius 2 is 1.50 bits per heavy atom. The van der Waals surface area contributed by atoms with Gasteiger partial charge in [0.05, 0.1) is 26.2 Å². The van der Waals surface area contributed by atoms with Crippen molar-refractivity contribution >= 4 is 0 Å². The minimum Gasteiger partial charge on any atom is -0.319 e. The van der Waals surface area contributed by atoms with Crippen molar-refractivity contribution in [3.05, 3.63) is 0 Å². The third-order valence-corrected chi connectivity index (χ3v) is 5.08. The van der Waals surface area contributed by atoms with Crippen LogP contribution in [0.5, 0.6) is 0 Å². The van der Waals surface area contributed by atoms with E-state index in [-0.39, 0.29) is 0 Å². The summed E-state index contributed by atoms with van der Waals surface area (Å²) in [4.78, 5) is 7.02. The van der Waals surface area contributed by atoms with Crippen LogP contribution in [0.4, 0.5) is 0 Å². The van der Waals surface area contributed by atoms with Crippen LogP contribution in [0, 0.1) is 11.5 Å². The van der Waals surface area contributed by atoms with Gasteiger partial charge in [-0.05, 0) is 0 Å². The van der Waals surface area contributed by atoms with Crippen LogP contribution in [0.2, 0.25) is 0 Å². The molecule has 100 valence electrons. The van der Waals surface area contributed by atoms with Crippen LogP contribution in [-0.2, 0) is 0 Å². The zero-order chi connectivity index (χ0) is 12.4. The first-order chi connectivity index (χ1) is 8.80. The average molecular weight is 250 g/mol. The molecule has 4 aliphatic heterocycles. The first-order valence-corrected chi connectivity index (χ1v) is 7.24. The van der Waals surface area contributed by atoms with Crippen LogP contribution in [0.25, 0.3) is 0 Å². The summed E-state index contributed by atoms with van der Waals surface area (Å²) in [7, 11) is 0. The molecule has 0 spiro atoms. The van der Waals surface area contributed by atoms with Crippen molar-refractivity contribution in [1.82, 2.24) is 14.7 Å². The van der Waals surface area contributed by atoms with Crippen molar-refractivity contribution in [2.75, 3.05) is 78.5 Å². The van der Waals surface area contributed by atoms with Gasteiger partial charge in [-0.1, -0.05) is 0 Å². The monoisotopic (exact) mass is 250 g/mol. The van der Waals surface area contributed by atoms with Gasteiger partial charge in [0.15, 0.2) is 6.19 Å². The number of hydrogen-bond acceptors (Lipinski definition) is 4. The molecule has 18 heavy (non-hydrogen) atoms. The second-order valence-corrected chi connectivity index (χ2v) is 6.01. The van der Waals surface area contributed by atoms with E-state index in [0.717, 1.165) is 26.2 Å². The zero-order valence-electron chi connectivity index (χ0n) is 11.2. The molecule has 4 aliphatic rings. The van der Waals surface area contributed by atoms with Gasteiger partial charge in [0.2, 0.25) is 0 Å². The summed E-state index contributed by atoms with van der Waals surface area (Å²) in [5, 5.41) is 8.85. The molecule has 2 bridgehead atoms. The number of nitrogens with zero attached hydrogens (tertiary/aromatic N) is 5.